The van der Waals surface area contributed by atoms with Crippen LogP contribution in [-0.4, -0.2) is 6.61 Å². The summed E-state index contributed by atoms with van der Waals surface area (Å²) in [4.78, 5) is 0. The first-order valence-electron chi connectivity index (χ1n) is 12.3. The molecule has 1 aliphatic rings. The summed E-state index contributed by atoms with van der Waals surface area (Å²) in [5, 5.41) is 19.0. The van der Waals surface area contributed by atoms with Gasteiger partial charge in [0.1, 0.15) is 23.5 Å². The van der Waals surface area contributed by atoms with E-state index in [2.05, 4.69) is 26.0 Å². The molecule has 3 nitrogen and oxygen atoms in total. The Morgan fingerprint density at radius 1 is 0.800 bits per heavy atom. The topological polar surface area (TPSA) is 56.8 Å². The monoisotopic (exact) mass is 408 g/mol. The molecule has 1 aromatic rings. The largest absolute Gasteiger partial charge is 0.492 e. The average molecular weight is 409 g/mol. The van der Waals surface area contributed by atoms with Crippen molar-refractivity contribution in [3.05, 3.63) is 28.8 Å². The molecule has 0 heterocycles. The van der Waals surface area contributed by atoms with Crippen molar-refractivity contribution in [1.29, 1.82) is 10.5 Å². The average Bonchev–Trinajstić information content (AvgIpc) is 2.78. The molecule has 2 rings (SSSR count). The maximum absolute atomic E-state index is 9.53. The van der Waals surface area contributed by atoms with Crippen LogP contribution in [0.25, 0.3) is 0 Å². The Labute approximate surface area is 184 Å². The van der Waals surface area contributed by atoms with Crippen molar-refractivity contribution in [3.63, 3.8) is 0 Å². The van der Waals surface area contributed by atoms with E-state index >= 15 is 0 Å². The maximum atomic E-state index is 9.53. The molecule has 1 fully saturated rings. The normalized spacial score (nSPS) is 18.5. The Bertz CT molecular complexity index is 705. The quantitative estimate of drug-likeness (QED) is 0.314. The molecule has 0 radical (unpaired) electrons. The van der Waals surface area contributed by atoms with Crippen LogP contribution in [0.5, 0.6) is 5.75 Å². The summed E-state index contributed by atoms with van der Waals surface area (Å²) in [6.07, 6.45) is 18.0. The highest BCUT2D eigenvalue weighted by atomic mass is 16.5. The predicted molar refractivity (Wildman–Crippen MR) is 123 cm³/mol. The van der Waals surface area contributed by atoms with Crippen LogP contribution in [0.2, 0.25) is 0 Å². The van der Waals surface area contributed by atoms with Crippen molar-refractivity contribution >= 4 is 0 Å². The fourth-order valence-electron chi connectivity index (χ4n) is 4.86. The van der Waals surface area contributed by atoms with Gasteiger partial charge in [-0.3, -0.25) is 0 Å². The standard InChI is InChI=1S/C27H40N2O/c1-3-5-6-7-8-11-22-13-15-23(16-14-22)12-9-19-30-27-18-17-24(10-4-2)25(20-28)26(27)21-29/h17-18,22-23H,3-16,19H2,1-2H3. The van der Waals surface area contributed by atoms with E-state index in [9.17, 15) is 10.5 Å². The Morgan fingerprint density at radius 3 is 2.03 bits per heavy atom. The first-order valence-corrected chi connectivity index (χ1v) is 12.3. The molecular weight excluding hydrogens is 368 g/mol. The number of nitriles is 2. The Morgan fingerprint density at radius 2 is 1.43 bits per heavy atom. The minimum absolute atomic E-state index is 0.405. The summed E-state index contributed by atoms with van der Waals surface area (Å²) in [5.41, 5.74) is 1.85. The third-order valence-corrected chi connectivity index (χ3v) is 6.69. The number of rotatable bonds is 13. The molecule has 0 aliphatic heterocycles. The summed E-state index contributed by atoms with van der Waals surface area (Å²) in [6, 6.07) is 8.22. The lowest BCUT2D eigenvalue weighted by Gasteiger charge is -2.28. The van der Waals surface area contributed by atoms with Gasteiger partial charge in [-0.2, -0.15) is 10.5 Å². The van der Waals surface area contributed by atoms with E-state index in [1.807, 2.05) is 12.1 Å². The van der Waals surface area contributed by atoms with E-state index in [1.54, 1.807) is 0 Å². The van der Waals surface area contributed by atoms with Crippen LogP contribution in [0.1, 0.15) is 114 Å². The molecule has 0 amide bonds. The van der Waals surface area contributed by atoms with Crippen molar-refractivity contribution in [2.24, 2.45) is 11.8 Å². The number of hydrogen-bond donors (Lipinski definition) is 0. The number of unbranched alkanes of at least 4 members (excludes halogenated alkanes) is 4. The highest BCUT2D eigenvalue weighted by Gasteiger charge is 2.20. The third kappa shape index (κ3) is 7.68. The lowest BCUT2D eigenvalue weighted by molar-refractivity contribution is 0.228. The highest BCUT2D eigenvalue weighted by molar-refractivity contribution is 5.57. The summed E-state index contributed by atoms with van der Waals surface area (Å²) in [6.45, 7) is 4.99. The van der Waals surface area contributed by atoms with Gasteiger partial charge in [-0.05, 0) is 42.7 Å². The Hall–Kier alpha value is -2.00. The van der Waals surface area contributed by atoms with E-state index in [4.69, 9.17) is 4.74 Å². The molecule has 0 spiro atoms. The smallest absolute Gasteiger partial charge is 0.138 e. The number of nitrogens with zero attached hydrogens (tertiary/aromatic N) is 2. The molecule has 1 saturated carbocycles. The SMILES string of the molecule is CCCCCCCC1CCC(CCCOc2ccc(CCC)c(C#N)c2C#N)CC1. The molecule has 0 bridgehead atoms. The van der Waals surface area contributed by atoms with Gasteiger partial charge >= 0.3 is 0 Å². The lowest BCUT2D eigenvalue weighted by atomic mass is 9.78. The van der Waals surface area contributed by atoms with Crippen molar-refractivity contribution in [2.45, 2.75) is 104 Å². The number of hydrogen-bond acceptors (Lipinski definition) is 3. The van der Waals surface area contributed by atoms with E-state index in [0.29, 0.717) is 23.5 Å². The first kappa shape index (κ1) is 24.3. The highest BCUT2D eigenvalue weighted by Crippen LogP contribution is 2.34. The number of aryl methyl sites for hydroxylation is 1. The molecule has 0 saturated heterocycles. The molecule has 3 heteroatoms. The third-order valence-electron chi connectivity index (χ3n) is 6.69. The lowest BCUT2D eigenvalue weighted by Crippen LogP contribution is -2.15. The first-order chi connectivity index (χ1) is 14.7. The van der Waals surface area contributed by atoms with E-state index < -0.39 is 0 Å². The molecule has 0 aromatic heterocycles. The van der Waals surface area contributed by atoms with Crippen molar-refractivity contribution < 1.29 is 4.74 Å². The summed E-state index contributed by atoms with van der Waals surface area (Å²) in [5.74, 6) is 2.37. The van der Waals surface area contributed by atoms with E-state index in [0.717, 1.165) is 36.7 Å². The van der Waals surface area contributed by atoms with Crippen molar-refractivity contribution in [1.82, 2.24) is 0 Å². The molecule has 0 N–H and O–H groups in total. The van der Waals surface area contributed by atoms with Gasteiger partial charge in [0.05, 0.1) is 12.2 Å². The van der Waals surface area contributed by atoms with Gasteiger partial charge in [-0.25, -0.2) is 0 Å². The minimum Gasteiger partial charge on any atom is -0.492 e. The van der Waals surface area contributed by atoms with Gasteiger partial charge in [0.15, 0.2) is 0 Å². The predicted octanol–water partition coefficient (Wildman–Crippen LogP) is 7.71. The van der Waals surface area contributed by atoms with Gasteiger partial charge < -0.3 is 4.74 Å². The fourth-order valence-corrected chi connectivity index (χ4v) is 4.86. The van der Waals surface area contributed by atoms with Gasteiger partial charge in [0.25, 0.3) is 0 Å². The zero-order valence-electron chi connectivity index (χ0n) is 19.2. The van der Waals surface area contributed by atoms with Gasteiger partial charge in [0.2, 0.25) is 0 Å². The van der Waals surface area contributed by atoms with Crippen LogP contribution in [0.3, 0.4) is 0 Å². The summed E-state index contributed by atoms with van der Waals surface area (Å²) >= 11 is 0. The Kier molecular flexibility index (Phi) is 11.4. The maximum Gasteiger partial charge on any atom is 0.138 e. The summed E-state index contributed by atoms with van der Waals surface area (Å²) in [7, 11) is 0. The van der Waals surface area contributed by atoms with Crippen LogP contribution >= 0.6 is 0 Å². The molecule has 0 atom stereocenters. The van der Waals surface area contributed by atoms with Crippen molar-refractivity contribution in [3.8, 4) is 17.9 Å². The van der Waals surface area contributed by atoms with Crippen molar-refractivity contribution in [2.75, 3.05) is 6.61 Å². The minimum atomic E-state index is 0.405. The second-order valence-corrected chi connectivity index (χ2v) is 9.03. The van der Waals surface area contributed by atoms with Crippen LogP contribution in [0.4, 0.5) is 0 Å². The number of benzene rings is 1. The zero-order valence-corrected chi connectivity index (χ0v) is 19.2. The van der Waals surface area contributed by atoms with Crippen LogP contribution in [0, 0.1) is 34.5 Å². The molecule has 30 heavy (non-hydrogen) atoms. The van der Waals surface area contributed by atoms with Crippen LogP contribution < -0.4 is 4.74 Å². The second-order valence-electron chi connectivity index (χ2n) is 9.03. The van der Waals surface area contributed by atoms with E-state index in [1.165, 1.54) is 70.6 Å². The molecule has 1 aromatic carbocycles. The van der Waals surface area contributed by atoms with Crippen LogP contribution in [0.15, 0.2) is 12.1 Å². The van der Waals surface area contributed by atoms with Crippen LogP contribution in [-0.2, 0) is 6.42 Å². The van der Waals surface area contributed by atoms with Gasteiger partial charge in [-0.1, -0.05) is 90.5 Å². The molecule has 0 unspecified atom stereocenters. The second kappa shape index (κ2) is 14.1. The summed E-state index contributed by atoms with van der Waals surface area (Å²) < 4.78 is 5.93. The van der Waals surface area contributed by atoms with Gasteiger partial charge in [-0.15, -0.1) is 0 Å². The molecular formula is C27H40N2O. The molecule has 164 valence electrons. The molecule has 1 aliphatic carbocycles. The zero-order chi connectivity index (χ0) is 21.6. The number of ether oxygens (including phenoxy) is 1. The van der Waals surface area contributed by atoms with E-state index in [-0.39, 0.29) is 0 Å². The Balaban J connectivity index is 1.69. The van der Waals surface area contributed by atoms with Gasteiger partial charge in [0, 0.05) is 0 Å². The fraction of sp³-hybridized carbons (Fsp3) is 0.704.